The second kappa shape index (κ2) is 2.31. The van der Waals surface area contributed by atoms with Gasteiger partial charge < -0.3 is 0 Å². The maximum absolute atomic E-state index is 3.50. The molecule has 0 aromatic rings. The lowest BCUT2D eigenvalue weighted by molar-refractivity contribution is 0.969. The van der Waals surface area contributed by atoms with Crippen molar-refractivity contribution in [3.05, 3.63) is 10.6 Å². The summed E-state index contributed by atoms with van der Waals surface area (Å²) in [4.78, 5) is 0.696. The van der Waals surface area contributed by atoms with Crippen molar-refractivity contribution in [3.8, 4) is 0 Å². The minimum Gasteiger partial charge on any atom is -0.0884 e. The standard InChI is InChI=1S/C5H6Br2/c6-4-1-2-5(7)3-4/h1,5H,2-3H2. The van der Waals surface area contributed by atoms with Crippen LogP contribution < -0.4 is 0 Å². The first-order chi connectivity index (χ1) is 3.29. The molecule has 2 heteroatoms. The van der Waals surface area contributed by atoms with Gasteiger partial charge in [0.1, 0.15) is 0 Å². The van der Waals surface area contributed by atoms with E-state index in [1.807, 2.05) is 0 Å². The summed E-state index contributed by atoms with van der Waals surface area (Å²) in [6.45, 7) is 0. The van der Waals surface area contributed by atoms with Crippen LogP contribution in [0.4, 0.5) is 0 Å². The average Bonchev–Trinajstić information content (AvgIpc) is 1.87. The van der Waals surface area contributed by atoms with E-state index >= 15 is 0 Å². The molecule has 40 valence electrons. The number of hydrogen-bond donors (Lipinski definition) is 0. The van der Waals surface area contributed by atoms with E-state index in [2.05, 4.69) is 37.9 Å². The zero-order chi connectivity index (χ0) is 5.28. The largest absolute Gasteiger partial charge is 0.0884 e. The summed E-state index contributed by atoms with van der Waals surface area (Å²) in [7, 11) is 0. The van der Waals surface area contributed by atoms with Gasteiger partial charge in [0.25, 0.3) is 0 Å². The van der Waals surface area contributed by atoms with Gasteiger partial charge >= 0.3 is 0 Å². The van der Waals surface area contributed by atoms with Crippen molar-refractivity contribution in [1.82, 2.24) is 0 Å². The summed E-state index contributed by atoms with van der Waals surface area (Å²) >= 11 is 6.91. The molecule has 0 spiro atoms. The summed E-state index contributed by atoms with van der Waals surface area (Å²) in [5.41, 5.74) is 0. The van der Waals surface area contributed by atoms with Crippen molar-refractivity contribution >= 4 is 31.9 Å². The minimum atomic E-state index is 0.696. The number of halogens is 2. The smallest absolute Gasteiger partial charge is 0.0226 e. The Bertz CT molecular complexity index is 96.3. The summed E-state index contributed by atoms with van der Waals surface area (Å²) in [6.07, 6.45) is 4.56. The van der Waals surface area contributed by atoms with Crippen LogP contribution in [-0.2, 0) is 0 Å². The summed E-state index contributed by atoms with van der Waals surface area (Å²) in [6, 6.07) is 0. The molecule has 0 aromatic heterocycles. The van der Waals surface area contributed by atoms with Crippen molar-refractivity contribution in [3.63, 3.8) is 0 Å². The molecule has 0 N–H and O–H groups in total. The first-order valence-corrected chi connectivity index (χ1v) is 3.98. The van der Waals surface area contributed by atoms with Gasteiger partial charge in [-0.05, 0) is 17.3 Å². The SMILES string of the molecule is BrC1=CCC(Br)C1. The lowest BCUT2D eigenvalue weighted by Gasteiger charge is -1.91. The highest BCUT2D eigenvalue weighted by atomic mass is 79.9. The van der Waals surface area contributed by atoms with Crippen LogP contribution in [0.5, 0.6) is 0 Å². The number of hydrogen-bond acceptors (Lipinski definition) is 0. The number of allylic oxidation sites excluding steroid dienone is 2. The van der Waals surface area contributed by atoms with Gasteiger partial charge in [-0.2, -0.15) is 0 Å². The van der Waals surface area contributed by atoms with Crippen LogP contribution >= 0.6 is 31.9 Å². The fourth-order valence-corrected chi connectivity index (χ4v) is 2.18. The predicted octanol–water partition coefficient (Wildman–Crippen LogP) is 2.82. The Kier molecular flexibility index (Phi) is 1.93. The molecule has 0 nitrogen and oxygen atoms in total. The van der Waals surface area contributed by atoms with Crippen LogP contribution in [0.15, 0.2) is 10.6 Å². The lowest BCUT2D eigenvalue weighted by atomic mass is 10.4. The van der Waals surface area contributed by atoms with Crippen LogP contribution in [-0.4, -0.2) is 4.83 Å². The van der Waals surface area contributed by atoms with E-state index in [4.69, 9.17) is 0 Å². The summed E-state index contributed by atoms with van der Waals surface area (Å²) in [5, 5.41) is 0. The molecular weight excluding hydrogens is 220 g/mol. The van der Waals surface area contributed by atoms with E-state index in [0.717, 1.165) is 0 Å². The molecule has 0 saturated carbocycles. The van der Waals surface area contributed by atoms with E-state index in [9.17, 15) is 0 Å². The Hall–Kier alpha value is 0.700. The predicted molar refractivity (Wildman–Crippen MR) is 39.0 cm³/mol. The highest BCUT2D eigenvalue weighted by molar-refractivity contribution is 9.12. The third-order valence-electron chi connectivity index (χ3n) is 1.01. The molecular formula is C5H6Br2. The van der Waals surface area contributed by atoms with Crippen LogP contribution in [0.3, 0.4) is 0 Å². The molecule has 1 aliphatic rings. The maximum Gasteiger partial charge on any atom is 0.0226 e. The average molecular weight is 226 g/mol. The molecule has 1 rings (SSSR count). The monoisotopic (exact) mass is 224 g/mol. The van der Waals surface area contributed by atoms with E-state index in [1.54, 1.807) is 0 Å². The summed E-state index contributed by atoms with van der Waals surface area (Å²) < 4.78 is 1.34. The second-order valence-corrected chi connectivity index (χ2v) is 4.00. The van der Waals surface area contributed by atoms with Crippen LogP contribution in [0, 0.1) is 0 Å². The van der Waals surface area contributed by atoms with Crippen molar-refractivity contribution in [2.45, 2.75) is 17.7 Å². The highest BCUT2D eigenvalue weighted by Gasteiger charge is 2.09. The van der Waals surface area contributed by atoms with Crippen molar-refractivity contribution in [1.29, 1.82) is 0 Å². The fourth-order valence-electron chi connectivity index (χ4n) is 0.634. The number of rotatable bonds is 0. The van der Waals surface area contributed by atoms with E-state index in [-0.39, 0.29) is 0 Å². The molecule has 1 aliphatic carbocycles. The normalized spacial score (nSPS) is 30.6. The number of alkyl halides is 1. The van der Waals surface area contributed by atoms with Gasteiger partial charge in [0.15, 0.2) is 0 Å². The maximum atomic E-state index is 3.50. The molecule has 1 atom stereocenters. The molecule has 0 aliphatic heterocycles. The van der Waals surface area contributed by atoms with Crippen molar-refractivity contribution < 1.29 is 0 Å². The molecule has 0 aromatic carbocycles. The van der Waals surface area contributed by atoms with E-state index in [0.29, 0.717) is 4.83 Å². The van der Waals surface area contributed by atoms with Gasteiger partial charge in [-0.3, -0.25) is 0 Å². The first-order valence-electron chi connectivity index (χ1n) is 2.27. The Morgan fingerprint density at radius 3 is 2.57 bits per heavy atom. The third kappa shape index (κ3) is 1.57. The third-order valence-corrected chi connectivity index (χ3v) is 2.36. The lowest BCUT2D eigenvalue weighted by Crippen LogP contribution is -1.84. The second-order valence-electron chi connectivity index (χ2n) is 1.69. The Morgan fingerprint density at radius 1 is 1.71 bits per heavy atom. The zero-order valence-corrected chi connectivity index (χ0v) is 7.00. The molecule has 0 heterocycles. The fraction of sp³-hybridized carbons (Fsp3) is 0.600. The van der Waals surface area contributed by atoms with Gasteiger partial charge in [0, 0.05) is 4.83 Å². The minimum absolute atomic E-state index is 0.696. The van der Waals surface area contributed by atoms with Gasteiger partial charge in [-0.15, -0.1) is 0 Å². The van der Waals surface area contributed by atoms with E-state index in [1.165, 1.54) is 17.3 Å². The van der Waals surface area contributed by atoms with Crippen LogP contribution in [0.2, 0.25) is 0 Å². The molecule has 0 saturated heterocycles. The van der Waals surface area contributed by atoms with Gasteiger partial charge in [-0.25, -0.2) is 0 Å². The molecule has 0 fully saturated rings. The van der Waals surface area contributed by atoms with Crippen molar-refractivity contribution in [2.24, 2.45) is 0 Å². The Balaban J connectivity index is 2.42. The van der Waals surface area contributed by atoms with Crippen LogP contribution in [0.25, 0.3) is 0 Å². The zero-order valence-electron chi connectivity index (χ0n) is 3.82. The molecule has 0 bridgehead atoms. The topological polar surface area (TPSA) is 0 Å². The highest BCUT2D eigenvalue weighted by Crippen LogP contribution is 2.28. The van der Waals surface area contributed by atoms with E-state index < -0.39 is 0 Å². The quantitative estimate of drug-likeness (QED) is 0.557. The summed E-state index contributed by atoms with van der Waals surface area (Å²) in [5.74, 6) is 0. The van der Waals surface area contributed by atoms with Crippen LogP contribution in [0.1, 0.15) is 12.8 Å². The Morgan fingerprint density at radius 2 is 2.43 bits per heavy atom. The first kappa shape index (κ1) is 5.83. The van der Waals surface area contributed by atoms with Crippen molar-refractivity contribution in [2.75, 3.05) is 0 Å². The molecule has 7 heavy (non-hydrogen) atoms. The van der Waals surface area contributed by atoms with Gasteiger partial charge in [0.05, 0.1) is 0 Å². The molecule has 0 amide bonds. The van der Waals surface area contributed by atoms with Gasteiger partial charge in [0.2, 0.25) is 0 Å². The molecule has 0 radical (unpaired) electrons. The van der Waals surface area contributed by atoms with Gasteiger partial charge in [-0.1, -0.05) is 37.9 Å². The molecule has 1 unspecified atom stereocenters. The Labute approximate surface area is 60.2 Å².